The number of rotatable bonds is 2. The van der Waals surface area contributed by atoms with Gasteiger partial charge in [0.15, 0.2) is 0 Å². The lowest BCUT2D eigenvalue weighted by atomic mass is 10.0. The first-order chi connectivity index (χ1) is 9.76. The topological polar surface area (TPSA) is 53.6 Å². The molecule has 0 spiro atoms. The maximum atomic E-state index is 11.2. The Morgan fingerprint density at radius 1 is 1.50 bits per heavy atom. The third kappa shape index (κ3) is 2.66. The van der Waals surface area contributed by atoms with Crippen LogP contribution >= 0.6 is 0 Å². The molecule has 1 saturated heterocycles. The van der Waals surface area contributed by atoms with E-state index in [1.165, 1.54) is 30.5 Å². The van der Waals surface area contributed by atoms with Crippen molar-refractivity contribution in [2.45, 2.75) is 25.3 Å². The van der Waals surface area contributed by atoms with Gasteiger partial charge in [-0.05, 0) is 37.0 Å². The Kier molecular flexibility index (Phi) is 3.67. The van der Waals surface area contributed by atoms with Gasteiger partial charge in [0.25, 0.3) is 0 Å². The molecule has 5 nitrogen and oxygen atoms in total. The zero-order valence-corrected chi connectivity index (χ0v) is 11.8. The van der Waals surface area contributed by atoms with Crippen molar-refractivity contribution in [3.63, 3.8) is 0 Å². The summed E-state index contributed by atoms with van der Waals surface area (Å²) in [6, 6.07) is 6.81. The Balaban J connectivity index is 1.67. The van der Waals surface area contributed by atoms with Crippen molar-refractivity contribution in [2.24, 2.45) is 0 Å². The second-order valence-electron chi connectivity index (χ2n) is 5.44. The van der Waals surface area contributed by atoms with Crippen LogP contribution in [0.15, 0.2) is 18.2 Å². The van der Waals surface area contributed by atoms with Crippen LogP contribution in [0.3, 0.4) is 0 Å². The third-order valence-electron chi connectivity index (χ3n) is 4.09. The first kappa shape index (κ1) is 13.1. The normalized spacial score (nSPS) is 21.1. The first-order valence-corrected chi connectivity index (χ1v) is 7.22. The Labute approximate surface area is 119 Å². The summed E-state index contributed by atoms with van der Waals surface area (Å²) in [6.45, 7) is 2.87. The Hall–Kier alpha value is -1.91. The summed E-state index contributed by atoms with van der Waals surface area (Å²) in [5.41, 5.74) is 3.90. The van der Waals surface area contributed by atoms with Crippen LogP contribution in [-0.4, -0.2) is 38.9 Å². The van der Waals surface area contributed by atoms with E-state index in [9.17, 15) is 4.79 Å². The summed E-state index contributed by atoms with van der Waals surface area (Å²) in [6.07, 6.45) is 2.99. The van der Waals surface area contributed by atoms with Crippen molar-refractivity contribution >= 4 is 17.5 Å². The van der Waals surface area contributed by atoms with E-state index in [0.717, 1.165) is 32.5 Å². The number of carbonyl (C=O) groups is 1. The molecule has 2 aliphatic heterocycles. The van der Waals surface area contributed by atoms with E-state index in [0.29, 0.717) is 0 Å². The highest BCUT2D eigenvalue weighted by atomic mass is 16.5. The van der Waals surface area contributed by atoms with Gasteiger partial charge >= 0.3 is 6.09 Å². The molecule has 2 aliphatic rings. The fourth-order valence-corrected chi connectivity index (χ4v) is 2.98. The quantitative estimate of drug-likeness (QED) is 0.866. The van der Waals surface area contributed by atoms with E-state index < -0.39 is 0 Å². The van der Waals surface area contributed by atoms with E-state index in [1.807, 2.05) is 0 Å². The van der Waals surface area contributed by atoms with Crippen LogP contribution in [0, 0.1) is 0 Å². The van der Waals surface area contributed by atoms with Gasteiger partial charge < -0.3 is 20.3 Å². The molecule has 1 atom stereocenters. The van der Waals surface area contributed by atoms with E-state index in [2.05, 4.69) is 38.5 Å². The lowest BCUT2D eigenvalue weighted by molar-refractivity contribution is 0.167. The summed E-state index contributed by atoms with van der Waals surface area (Å²) < 4.78 is 4.65. The molecule has 5 heteroatoms. The van der Waals surface area contributed by atoms with E-state index in [4.69, 9.17) is 0 Å². The number of hydrogen-bond donors (Lipinski definition) is 2. The fourth-order valence-electron chi connectivity index (χ4n) is 2.98. The predicted molar refractivity (Wildman–Crippen MR) is 79.4 cm³/mol. The van der Waals surface area contributed by atoms with Crippen LogP contribution in [0.2, 0.25) is 0 Å². The van der Waals surface area contributed by atoms with Crippen molar-refractivity contribution < 1.29 is 9.53 Å². The van der Waals surface area contributed by atoms with Crippen molar-refractivity contribution in [3.05, 3.63) is 23.8 Å². The van der Waals surface area contributed by atoms with Crippen LogP contribution < -0.4 is 15.5 Å². The highest BCUT2D eigenvalue weighted by Crippen LogP contribution is 2.29. The smallest absolute Gasteiger partial charge is 0.407 e. The highest BCUT2D eigenvalue weighted by molar-refractivity contribution is 5.68. The largest absolute Gasteiger partial charge is 0.453 e. The number of anilines is 2. The van der Waals surface area contributed by atoms with Crippen LogP contribution in [0.25, 0.3) is 0 Å². The van der Waals surface area contributed by atoms with Crippen molar-refractivity contribution in [2.75, 3.05) is 37.0 Å². The molecule has 108 valence electrons. The van der Waals surface area contributed by atoms with Gasteiger partial charge in [-0.1, -0.05) is 6.07 Å². The maximum absolute atomic E-state index is 11.2. The number of methoxy groups -OCH3 is 1. The first-order valence-electron chi connectivity index (χ1n) is 7.22. The molecule has 1 amide bonds. The maximum Gasteiger partial charge on any atom is 0.407 e. The highest BCUT2D eigenvalue weighted by Gasteiger charge is 2.24. The molecule has 0 saturated carbocycles. The molecular weight excluding hydrogens is 254 g/mol. The lowest BCUT2D eigenvalue weighted by Gasteiger charge is -2.23. The third-order valence-corrected chi connectivity index (χ3v) is 4.09. The van der Waals surface area contributed by atoms with Gasteiger partial charge in [-0.15, -0.1) is 0 Å². The minimum absolute atomic E-state index is 0.173. The summed E-state index contributed by atoms with van der Waals surface area (Å²) in [5.74, 6) is 0. The lowest BCUT2D eigenvalue weighted by Crippen LogP contribution is -2.36. The number of benzene rings is 1. The molecule has 0 bridgehead atoms. The fraction of sp³-hybridized carbons (Fsp3) is 0.533. The zero-order valence-electron chi connectivity index (χ0n) is 11.8. The molecule has 0 aromatic heterocycles. The monoisotopic (exact) mass is 275 g/mol. The molecule has 3 rings (SSSR count). The number of hydrogen-bond acceptors (Lipinski definition) is 4. The minimum Gasteiger partial charge on any atom is -0.453 e. The number of nitrogens with one attached hydrogen (secondary N) is 2. The average Bonchev–Trinajstić information content (AvgIpc) is 2.95. The second-order valence-corrected chi connectivity index (χ2v) is 5.44. The number of carbonyl (C=O) groups excluding carboxylic acids is 1. The van der Waals surface area contributed by atoms with Gasteiger partial charge in [0.05, 0.1) is 13.2 Å². The Bertz CT molecular complexity index is 504. The number of fused-ring (bicyclic) bond motifs is 1. The SMILES string of the molecule is COC(=O)NC1CCN(c2ccc3c(c2)NCCC3)C1. The number of nitrogens with zero attached hydrogens (tertiary/aromatic N) is 1. The average molecular weight is 275 g/mol. The van der Waals surface area contributed by atoms with Gasteiger partial charge in [0.1, 0.15) is 0 Å². The van der Waals surface area contributed by atoms with Gasteiger partial charge in [-0.3, -0.25) is 0 Å². The van der Waals surface area contributed by atoms with E-state index >= 15 is 0 Å². The molecule has 2 N–H and O–H groups in total. The molecule has 1 aromatic rings. The summed E-state index contributed by atoms with van der Waals surface area (Å²) >= 11 is 0. The van der Waals surface area contributed by atoms with Gasteiger partial charge in [0, 0.05) is 31.0 Å². The van der Waals surface area contributed by atoms with E-state index in [-0.39, 0.29) is 12.1 Å². The van der Waals surface area contributed by atoms with Gasteiger partial charge in [0.2, 0.25) is 0 Å². The van der Waals surface area contributed by atoms with Crippen molar-refractivity contribution in [3.8, 4) is 0 Å². The standard InChI is InChI=1S/C15H21N3O2/c1-20-15(19)17-12-6-8-18(10-12)13-5-4-11-3-2-7-16-14(11)9-13/h4-5,9,12,16H,2-3,6-8,10H2,1H3,(H,17,19). The molecule has 0 radical (unpaired) electrons. The molecule has 1 aromatic carbocycles. The van der Waals surface area contributed by atoms with Crippen molar-refractivity contribution in [1.82, 2.24) is 5.32 Å². The van der Waals surface area contributed by atoms with E-state index in [1.54, 1.807) is 0 Å². The Morgan fingerprint density at radius 2 is 2.40 bits per heavy atom. The molecule has 1 fully saturated rings. The number of amides is 1. The van der Waals surface area contributed by atoms with Gasteiger partial charge in [-0.2, -0.15) is 0 Å². The molecular formula is C15H21N3O2. The molecule has 20 heavy (non-hydrogen) atoms. The minimum atomic E-state index is -0.344. The molecule has 1 unspecified atom stereocenters. The summed E-state index contributed by atoms with van der Waals surface area (Å²) in [7, 11) is 1.40. The molecule has 2 heterocycles. The van der Waals surface area contributed by atoms with Crippen LogP contribution in [0.1, 0.15) is 18.4 Å². The summed E-state index contributed by atoms with van der Waals surface area (Å²) in [5, 5.41) is 6.33. The summed E-state index contributed by atoms with van der Waals surface area (Å²) in [4.78, 5) is 13.6. The van der Waals surface area contributed by atoms with Gasteiger partial charge in [-0.25, -0.2) is 4.79 Å². The van der Waals surface area contributed by atoms with Crippen LogP contribution in [-0.2, 0) is 11.2 Å². The Morgan fingerprint density at radius 3 is 3.25 bits per heavy atom. The van der Waals surface area contributed by atoms with Crippen molar-refractivity contribution in [1.29, 1.82) is 0 Å². The second kappa shape index (κ2) is 5.61. The number of aryl methyl sites for hydroxylation is 1. The van der Waals surface area contributed by atoms with Crippen LogP contribution in [0.5, 0.6) is 0 Å². The predicted octanol–water partition coefficient (Wildman–Crippen LogP) is 1.98. The van der Waals surface area contributed by atoms with Crippen LogP contribution in [0.4, 0.5) is 16.2 Å². The zero-order chi connectivity index (χ0) is 13.9. The number of ether oxygens (including phenoxy) is 1. The molecule has 0 aliphatic carbocycles. The number of alkyl carbamates (subject to hydrolysis) is 1.